The second-order valence-corrected chi connectivity index (χ2v) is 7.93. The molecule has 7 nitrogen and oxygen atoms in total. The highest BCUT2D eigenvalue weighted by Gasteiger charge is 2.27. The van der Waals surface area contributed by atoms with Crippen LogP contribution in [0.25, 0.3) is 32.9 Å². The van der Waals surface area contributed by atoms with E-state index in [9.17, 15) is 9.18 Å². The van der Waals surface area contributed by atoms with Gasteiger partial charge in [-0.3, -0.25) is 9.78 Å². The summed E-state index contributed by atoms with van der Waals surface area (Å²) in [5, 5.41) is 2.29. The lowest BCUT2D eigenvalue weighted by molar-refractivity contribution is -0.128. The van der Waals surface area contributed by atoms with E-state index in [2.05, 4.69) is 21.5 Å². The van der Waals surface area contributed by atoms with Crippen molar-refractivity contribution in [2.45, 2.75) is 0 Å². The normalized spacial score (nSPS) is 14.0. The molecule has 0 unspecified atom stereocenters. The van der Waals surface area contributed by atoms with Gasteiger partial charge in [-0.1, -0.05) is 49.0 Å². The van der Waals surface area contributed by atoms with Crippen LogP contribution in [-0.4, -0.2) is 59.0 Å². The average molecular weight is 461 g/mol. The molecule has 0 N–H and O–H groups in total. The number of pyridine rings is 1. The topological polar surface area (TPSA) is 71.5 Å². The number of piperazine rings is 1. The number of fused-ring (bicyclic) bond motifs is 2. The number of carbonyl (C=O) groups is 1. The second kappa shape index (κ2) is 8.66. The van der Waals surface area contributed by atoms with Crippen molar-refractivity contribution in [3.63, 3.8) is 0 Å². The molecule has 1 aliphatic heterocycles. The van der Waals surface area contributed by atoms with Gasteiger partial charge in [-0.05, 0) is 10.8 Å². The molecular weight excluding hydrogens is 440 g/mol. The fourth-order valence-corrected chi connectivity index (χ4v) is 4.27. The Hall–Kier alpha value is -4.14. The molecule has 0 bridgehead atoms. The highest BCUT2D eigenvalue weighted by Crippen LogP contribution is 2.34. The highest BCUT2D eigenvalue weighted by molar-refractivity contribution is 5.99. The molecule has 34 heavy (non-hydrogen) atoms. The van der Waals surface area contributed by atoms with E-state index in [4.69, 9.17) is 4.74 Å². The van der Waals surface area contributed by atoms with E-state index in [-0.39, 0.29) is 30.3 Å². The van der Waals surface area contributed by atoms with Gasteiger partial charge < -0.3 is 14.5 Å². The van der Waals surface area contributed by atoms with Crippen molar-refractivity contribution in [3.05, 3.63) is 66.9 Å². The van der Waals surface area contributed by atoms with Crippen LogP contribution in [0.4, 0.5) is 14.6 Å². The van der Waals surface area contributed by atoms with Crippen LogP contribution in [0.1, 0.15) is 0 Å². The molecule has 9 heteroatoms. The number of amides is 1. The van der Waals surface area contributed by atoms with Gasteiger partial charge in [0.2, 0.25) is 0 Å². The molecule has 1 fully saturated rings. The summed E-state index contributed by atoms with van der Waals surface area (Å²) < 4.78 is 34.4. The zero-order valence-electron chi connectivity index (χ0n) is 18.5. The van der Waals surface area contributed by atoms with E-state index in [1.807, 2.05) is 47.4 Å². The van der Waals surface area contributed by atoms with Crippen LogP contribution in [0.15, 0.2) is 61.1 Å². The summed E-state index contributed by atoms with van der Waals surface area (Å²) in [5.41, 5.74) is 0.943. The number of rotatable bonds is 4. The van der Waals surface area contributed by atoms with Gasteiger partial charge in [0, 0.05) is 37.9 Å². The quantitative estimate of drug-likeness (QED) is 0.426. The zero-order chi connectivity index (χ0) is 23.8. The fraction of sp³-hybridized carbons (Fsp3) is 0.200. The predicted octanol–water partition coefficient (Wildman–Crippen LogP) is 4.12. The van der Waals surface area contributed by atoms with Crippen molar-refractivity contribution < 1.29 is 18.3 Å². The number of methoxy groups -OCH3 is 1. The van der Waals surface area contributed by atoms with Crippen LogP contribution in [0, 0.1) is 5.82 Å². The molecule has 5 rings (SSSR count). The molecule has 3 heterocycles. The van der Waals surface area contributed by atoms with Crippen LogP contribution in [-0.2, 0) is 4.79 Å². The van der Waals surface area contributed by atoms with Crippen molar-refractivity contribution >= 4 is 33.4 Å². The number of hydrogen-bond acceptors (Lipinski definition) is 6. The number of halogens is 2. The van der Waals surface area contributed by atoms with Crippen molar-refractivity contribution in [2.75, 3.05) is 38.2 Å². The van der Waals surface area contributed by atoms with Crippen LogP contribution in [0.3, 0.4) is 0 Å². The lowest BCUT2D eigenvalue weighted by Gasteiger charge is -2.35. The van der Waals surface area contributed by atoms with Crippen LogP contribution in [0.5, 0.6) is 6.01 Å². The largest absolute Gasteiger partial charge is 0.467 e. The number of nitrogens with zero attached hydrogens (tertiary/aromatic N) is 5. The Kier molecular flexibility index (Phi) is 5.53. The highest BCUT2D eigenvalue weighted by atomic mass is 19.1. The summed E-state index contributed by atoms with van der Waals surface area (Å²) in [6.45, 7) is 4.38. The minimum absolute atomic E-state index is 0.0205. The van der Waals surface area contributed by atoms with Crippen LogP contribution >= 0.6 is 0 Å². The van der Waals surface area contributed by atoms with Crippen LogP contribution < -0.4 is 9.64 Å². The van der Waals surface area contributed by atoms with Crippen molar-refractivity contribution in [1.29, 1.82) is 0 Å². The molecule has 0 radical (unpaired) electrons. The average Bonchev–Trinajstić information content (AvgIpc) is 2.88. The van der Waals surface area contributed by atoms with E-state index < -0.39 is 17.6 Å². The fourth-order valence-electron chi connectivity index (χ4n) is 4.27. The first-order valence-electron chi connectivity index (χ1n) is 10.7. The molecule has 0 spiro atoms. The van der Waals surface area contributed by atoms with Gasteiger partial charge in [-0.25, -0.2) is 8.78 Å². The molecule has 1 aliphatic rings. The van der Waals surface area contributed by atoms with Gasteiger partial charge in [-0.2, -0.15) is 9.97 Å². The number of benzene rings is 2. The third kappa shape index (κ3) is 3.68. The Morgan fingerprint density at radius 2 is 1.76 bits per heavy atom. The summed E-state index contributed by atoms with van der Waals surface area (Å²) in [6.07, 6.45) is 1.56. The number of ether oxygens (including phenoxy) is 1. The number of carbonyl (C=O) groups excluding carboxylic acids is 1. The molecule has 1 saturated heterocycles. The standard InChI is InChI=1S/C25H21F2N5O2/c1-15(26)24(33)32-12-10-31(11-13-32)23-19-14-28-21(20(27)22(19)29-25(30-23)34-2)18-9-5-7-16-6-3-4-8-17(16)18/h3-9,14H,1,10-13H2,2H3. The number of aromatic nitrogens is 3. The minimum atomic E-state index is -0.991. The van der Waals surface area contributed by atoms with E-state index in [1.54, 1.807) is 6.20 Å². The SMILES string of the molecule is C=C(F)C(=O)N1CCN(c2nc(OC)nc3c(F)c(-c4cccc5ccccc45)ncc23)CC1. The number of hydrogen-bond donors (Lipinski definition) is 0. The zero-order valence-corrected chi connectivity index (χ0v) is 18.5. The summed E-state index contributed by atoms with van der Waals surface area (Å²) in [5.74, 6) is -1.84. The number of anilines is 1. The summed E-state index contributed by atoms with van der Waals surface area (Å²) in [4.78, 5) is 28.3. The first-order valence-corrected chi connectivity index (χ1v) is 10.7. The predicted molar refractivity (Wildman–Crippen MR) is 126 cm³/mol. The maximum atomic E-state index is 15.9. The Labute approximate surface area is 194 Å². The van der Waals surface area contributed by atoms with Crippen molar-refractivity contribution in [1.82, 2.24) is 19.9 Å². The van der Waals surface area contributed by atoms with E-state index >= 15 is 4.39 Å². The van der Waals surface area contributed by atoms with Gasteiger partial charge in [0.15, 0.2) is 11.6 Å². The molecule has 2 aromatic carbocycles. The summed E-state index contributed by atoms with van der Waals surface area (Å²) in [6, 6.07) is 13.4. The minimum Gasteiger partial charge on any atom is -0.467 e. The summed E-state index contributed by atoms with van der Waals surface area (Å²) >= 11 is 0. The summed E-state index contributed by atoms with van der Waals surface area (Å²) in [7, 11) is 1.42. The van der Waals surface area contributed by atoms with Crippen molar-refractivity contribution in [2.24, 2.45) is 0 Å². The third-order valence-corrected chi connectivity index (χ3v) is 5.97. The molecule has 0 atom stereocenters. The smallest absolute Gasteiger partial charge is 0.318 e. The molecule has 4 aromatic rings. The lowest BCUT2D eigenvalue weighted by Crippen LogP contribution is -2.49. The maximum Gasteiger partial charge on any atom is 0.318 e. The monoisotopic (exact) mass is 461 g/mol. The molecule has 2 aromatic heterocycles. The molecule has 172 valence electrons. The Bertz CT molecular complexity index is 1430. The Morgan fingerprint density at radius 1 is 1.03 bits per heavy atom. The Balaban J connectivity index is 1.58. The van der Waals surface area contributed by atoms with E-state index in [0.29, 0.717) is 29.9 Å². The van der Waals surface area contributed by atoms with Gasteiger partial charge in [0.25, 0.3) is 5.91 Å². The first kappa shape index (κ1) is 21.7. The lowest BCUT2D eigenvalue weighted by atomic mass is 10.0. The Morgan fingerprint density at radius 3 is 2.50 bits per heavy atom. The van der Waals surface area contributed by atoms with Crippen LogP contribution in [0.2, 0.25) is 0 Å². The molecule has 0 aliphatic carbocycles. The maximum absolute atomic E-state index is 15.9. The molecule has 1 amide bonds. The first-order chi connectivity index (χ1) is 16.5. The second-order valence-electron chi connectivity index (χ2n) is 7.93. The van der Waals surface area contributed by atoms with Crippen molar-refractivity contribution in [3.8, 4) is 17.3 Å². The van der Waals surface area contributed by atoms with Gasteiger partial charge in [0.05, 0.1) is 12.5 Å². The van der Waals surface area contributed by atoms with E-state index in [0.717, 1.165) is 10.8 Å². The van der Waals surface area contributed by atoms with Gasteiger partial charge in [-0.15, -0.1) is 0 Å². The molecular formula is C25H21F2N5O2. The molecule has 0 saturated carbocycles. The van der Waals surface area contributed by atoms with Gasteiger partial charge >= 0.3 is 6.01 Å². The third-order valence-electron chi connectivity index (χ3n) is 5.97. The van der Waals surface area contributed by atoms with E-state index in [1.165, 1.54) is 12.0 Å². The van der Waals surface area contributed by atoms with Gasteiger partial charge in [0.1, 0.15) is 17.0 Å².